The number of carbonyl (C=O) groups is 1. The van der Waals surface area contributed by atoms with Crippen LogP contribution in [0.2, 0.25) is 0 Å². The van der Waals surface area contributed by atoms with Crippen LogP contribution in [0, 0.1) is 11.8 Å². The quantitative estimate of drug-likeness (QED) is 0.875. The van der Waals surface area contributed by atoms with Gasteiger partial charge in [0.25, 0.3) is 5.91 Å². The molecule has 0 saturated heterocycles. The maximum absolute atomic E-state index is 12.1. The van der Waals surface area contributed by atoms with E-state index in [-0.39, 0.29) is 18.6 Å². The molecule has 5 nitrogen and oxygen atoms in total. The first kappa shape index (κ1) is 16.6. The molecular weight excluding hydrogens is 306 g/mol. The Balaban J connectivity index is 1.59. The van der Waals surface area contributed by atoms with Crippen molar-refractivity contribution < 1.29 is 13.9 Å². The van der Waals surface area contributed by atoms with E-state index in [1.54, 1.807) is 24.3 Å². The molecule has 1 amide bonds. The molecular formula is C19H23NO4. The lowest BCUT2D eigenvalue weighted by atomic mass is 9.78. The summed E-state index contributed by atoms with van der Waals surface area (Å²) < 4.78 is 10.7. The predicted octanol–water partition coefficient (Wildman–Crippen LogP) is 3.11. The summed E-state index contributed by atoms with van der Waals surface area (Å²) in [6.45, 7) is 4.39. The smallest absolute Gasteiger partial charge is 0.336 e. The molecule has 1 saturated carbocycles. The van der Waals surface area contributed by atoms with Crippen LogP contribution in [0.1, 0.15) is 33.1 Å². The van der Waals surface area contributed by atoms with Crippen molar-refractivity contribution in [3.05, 3.63) is 40.8 Å². The zero-order valence-corrected chi connectivity index (χ0v) is 14.1. The fourth-order valence-electron chi connectivity index (χ4n) is 3.31. The van der Waals surface area contributed by atoms with Gasteiger partial charge in [-0.25, -0.2) is 4.79 Å². The molecule has 2 aromatic rings. The third-order valence-electron chi connectivity index (χ3n) is 5.02. The molecule has 1 aromatic carbocycles. The van der Waals surface area contributed by atoms with Crippen molar-refractivity contribution in [1.82, 2.24) is 5.32 Å². The second-order valence-electron chi connectivity index (χ2n) is 6.68. The monoisotopic (exact) mass is 329 g/mol. The summed E-state index contributed by atoms with van der Waals surface area (Å²) in [7, 11) is 0. The molecule has 1 heterocycles. The van der Waals surface area contributed by atoms with E-state index in [2.05, 4.69) is 19.2 Å². The summed E-state index contributed by atoms with van der Waals surface area (Å²) in [5.41, 5.74) is 0.0490. The lowest BCUT2D eigenvalue weighted by molar-refractivity contribution is -0.124. The fourth-order valence-corrected chi connectivity index (χ4v) is 3.31. The molecule has 1 aliphatic rings. The molecule has 1 aliphatic carbocycles. The molecule has 3 atom stereocenters. The number of hydrogen-bond acceptors (Lipinski definition) is 4. The minimum atomic E-state index is -0.405. The molecule has 0 unspecified atom stereocenters. The lowest BCUT2D eigenvalue weighted by Crippen LogP contribution is -2.45. The highest BCUT2D eigenvalue weighted by Crippen LogP contribution is 2.29. The number of nitrogens with one attached hydrogen (secondary N) is 1. The first-order chi connectivity index (χ1) is 11.5. The van der Waals surface area contributed by atoms with Gasteiger partial charge in [0.15, 0.2) is 6.61 Å². The fraction of sp³-hybridized carbons (Fsp3) is 0.474. The highest BCUT2D eigenvalue weighted by Gasteiger charge is 2.28. The third-order valence-corrected chi connectivity index (χ3v) is 5.02. The highest BCUT2D eigenvalue weighted by molar-refractivity contribution is 5.79. The summed E-state index contributed by atoms with van der Waals surface area (Å²) >= 11 is 0. The largest absolute Gasteiger partial charge is 0.484 e. The van der Waals surface area contributed by atoms with Gasteiger partial charge in [-0.2, -0.15) is 0 Å². The molecule has 1 N–H and O–H groups in total. The van der Waals surface area contributed by atoms with Crippen LogP contribution in [0.4, 0.5) is 0 Å². The van der Waals surface area contributed by atoms with Gasteiger partial charge in [0.05, 0.1) is 0 Å². The van der Waals surface area contributed by atoms with Crippen LogP contribution >= 0.6 is 0 Å². The van der Waals surface area contributed by atoms with Crippen LogP contribution in [0.5, 0.6) is 5.75 Å². The van der Waals surface area contributed by atoms with Crippen LogP contribution in [-0.2, 0) is 4.79 Å². The molecule has 1 fully saturated rings. The molecule has 128 valence electrons. The molecule has 0 radical (unpaired) electrons. The summed E-state index contributed by atoms with van der Waals surface area (Å²) in [4.78, 5) is 23.4. The number of carbonyl (C=O) groups excluding carboxylic acids is 1. The number of hydrogen-bond donors (Lipinski definition) is 1. The molecule has 0 spiro atoms. The first-order valence-electron chi connectivity index (χ1n) is 8.49. The molecule has 5 heteroatoms. The molecule has 0 bridgehead atoms. The van der Waals surface area contributed by atoms with Gasteiger partial charge in [0.2, 0.25) is 0 Å². The van der Waals surface area contributed by atoms with Gasteiger partial charge in [-0.05, 0) is 36.5 Å². The van der Waals surface area contributed by atoms with Crippen LogP contribution in [-0.4, -0.2) is 18.6 Å². The SMILES string of the molecule is C[C@@H]1[C@@H](C)CCC[C@H]1NC(=O)COc1ccc2ccc(=O)oc2c1. The molecule has 24 heavy (non-hydrogen) atoms. The van der Waals surface area contributed by atoms with E-state index in [4.69, 9.17) is 9.15 Å². The Labute approximate surface area is 141 Å². The number of ether oxygens (including phenoxy) is 1. The van der Waals surface area contributed by atoms with Crippen molar-refractivity contribution in [3.8, 4) is 5.75 Å². The number of rotatable bonds is 4. The summed E-state index contributed by atoms with van der Waals surface area (Å²) in [6, 6.07) is 8.50. The highest BCUT2D eigenvalue weighted by atomic mass is 16.5. The Bertz CT molecular complexity index is 782. The van der Waals surface area contributed by atoms with Crippen LogP contribution in [0.3, 0.4) is 0 Å². The normalized spacial score (nSPS) is 23.8. The van der Waals surface area contributed by atoms with Crippen molar-refractivity contribution in [3.63, 3.8) is 0 Å². The van der Waals surface area contributed by atoms with Crippen molar-refractivity contribution in [2.24, 2.45) is 11.8 Å². The minimum absolute atomic E-state index is 0.0415. The summed E-state index contributed by atoms with van der Waals surface area (Å²) in [6.07, 6.45) is 3.41. The van der Waals surface area contributed by atoms with Gasteiger partial charge in [0, 0.05) is 23.6 Å². The van der Waals surface area contributed by atoms with E-state index in [0.29, 0.717) is 23.2 Å². The number of amides is 1. The van der Waals surface area contributed by atoms with E-state index in [1.165, 1.54) is 12.5 Å². The van der Waals surface area contributed by atoms with Crippen LogP contribution < -0.4 is 15.7 Å². The molecule has 1 aromatic heterocycles. The van der Waals surface area contributed by atoms with Crippen molar-refractivity contribution >= 4 is 16.9 Å². The van der Waals surface area contributed by atoms with Crippen molar-refractivity contribution in [2.45, 2.75) is 39.2 Å². The zero-order chi connectivity index (χ0) is 17.1. The zero-order valence-electron chi connectivity index (χ0n) is 14.1. The van der Waals surface area contributed by atoms with Gasteiger partial charge in [-0.15, -0.1) is 0 Å². The average molecular weight is 329 g/mol. The van der Waals surface area contributed by atoms with E-state index < -0.39 is 5.63 Å². The summed E-state index contributed by atoms with van der Waals surface area (Å²) in [5.74, 6) is 1.51. The first-order valence-corrected chi connectivity index (χ1v) is 8.49. The van der Waals surface area contributed by atoms with E-state index >= 15 is 0 Å². The van der Waals surface area contributed by atoms with Gasteiger partial charge in [-0.3, -0.25) is 4.79 Å². The maximum atomic E-state index is 12.1. The topological polar surface area (TPSA) is 68.5 Å². The minimum Gasteiger partial charge on any atom is -0.484 e. The Kier molecular flexibility index (Phi) is 4.88. The standard InChI is InChI=1S/C19H23NO4/c1-12-4-3-5-16(13(12)2)20-18(21)11-23-15-8-6-14-7-9-19(22)24-17(14)10-15/h6-10,12-13,16H,3-5,11H2,1-2H3,(H,20,21)/t12-,13+,16+/m0/s1. The van der Waals surface area contributed by atoms with Crippen molar-refractivity contribution in [1.29, 1.82) is 0 Å². The average Bonchev–Trinajstić information content (AvgIpc) is 2.57. The Morgan fingerprint density at radius 3 is 2.88 bits per heavy atom. The van der Waals surface area contributed by atoms with Crippen LogP contribution in [0.25, 0.3) is 11.0 Å². The number of benzene rings is 1. The summed E-state index contributed by atoms with van der Waals surface area (Å²) in [5, 5.41) is 3.89. The second kappa shape index (κ2) is 7.07. The van der Waals surface area contributed by atoms with E-state index in [9.17, 15) is 9.59 Å². The van der Waals surface area contributed by atoms with E-state index in [0.717, 1.165) is 18.2 Å². The second-order valence-corrected chi connectivity index (χ2v) is 6.68. The maximum Gasteiger partial charge on any atom is 0.336 e. The molecule has 3 rings (SSSR count). The van der Waals surface area contributed by atoms with Crippen molar-refractivity contribution in [2.75, 3.05) is 6.61 Å². The van der Waals surface area contributed by atoms with E-state index in [1.807, 2.05) is 0 Å². The predicted molar refractivity (Wildman–Crippen MR) is 92.1 cm³/mol. The number of fused-ring (bicyclic) bond motifs is 1. The Morgan fingerprint density at radius 1 is 1.25 bits per heavy atom. The Morgan fingerprint density at radius 2 is 2.04 bits per heavy atom. The van der Waals surface area contributed by atoms with Gasteiger partial charge in [-0.1, -0.05) is 26.7 Å². The molecule has 0 aliphatic heterocycles. The van der Waals surface area contributed by atoms with Gasteiger partial charge < -0.3 is 14.5 Å². The van der Waals surface area contributed by atoms with Gasteiger partial charge >= 0.3 is 5.63 Å². The Hall–Kier alpha value is -2.30. The third kappa shape index (κ3) is 3.78. The van der Waals surface area contributed by atoms with Crippen LogP contribution in [0.15, 0.2) is 39.5 Å². The lowest BCUT2D eigenvalue weighted by Gasteiger charge is -2.34. The van der Waals surface area contributed by atoms with Gasteiger partial charge in [0.1, 0.15) is 11.3 Å².